The van der Waals surface area contributed by atoms with Crippen LogP contribution in [0.3, 0.4) is 0 Å². The van der Waals surface area contributed by atoms with Crippen LogP contribution in [-0.2, 0) is 11.2 Å². The highest BCUT2D eigenvalue weighted by molar-refractivity contribution is 9.10. The maximum Gasteiger partial charge on any atom is 0.256 e. The number of anilines is 1. The van der Waals surface area contributed by atoms with Crippen LogP contribution in [0.5, 0.6) is 0 Å². The summed E-state index contributed by atoms with van der Waals surface area (Å²) in [6, 6.07) is 22.1. The molecule has 0 radical (unpaired) electrons. The zero-order chi connectivity index (χ0) is 22.0. The summed E-state index contributed by atoms with van der Waals surface area (Å²) in [5.41, 5.74) is 5.14. The number of carbonyl (C=O) groups is 1. The Morgan fingerprint density at radius 1 is 1.06 bits per heavy atom. The average molecular weight is 512 g/mol. The Kier molecular flexibility index (Phi) is 6.51. The number of thioether (sulfide) groups is 1. The SMILES string of the molecule is CC(C)(C)c1ccc(CSc2nc3ccc(NC(=O)c4ccccc4Br)cc3s2)cc1. The fourth-order valence-electron chi connectivity index (χ4n) is 3.13. The van der Waals surface area contributed by atoms with Crippen LogP contribution < -0.4 is 5.32 Å². The second kappa shape index (κ2) is 9.15. The zero-order valence-corrected chi connectivity index (χ0v) is 20.8. The highest BCUT2D eigenvalue weighted by atomic mass is 79.9. The molecule has 0 aliphatic rings. The molecule has 0 saturated heterocycles. The average Bonchev–Trinajstić information content (AvgIpc) is 3.14. The molecule has 6 heteroatoms. The van der Waals surface area contributed by atoms with E-state index in [1.165, 1.54) is 11.1 Å². The fraction of sp³-hybridized carbons (Fsp3) is 0.200. The molecule has 1 amide bonds. The van der Waals surface area contributed by atoms with E-state index in [0.717, 1.165) is 30.5 Å². The van der Waals surface area contributed by atoms with E-state index in [-0.39, 0.29) is 11.3 Å². The van der Waals surface area contributed by atoms with Crippen LogP contribution in [0.4, 0.5) is 5.69 Å². The first-order valence-electron chi connectivity index (χ1n) is 9.98. The highest BCUT2D eigenvalue weighted by Crippen LogP contribution is 2.33. The summed E-state index contributed by atoms with van der Waals surface area (Å²) < 4.78 is 2.88. The van der Waals surface area contributed by atoms with Crippen molar-refractivity contribution >= 4 is 60.8 Å². The number of halogens is 1. The van der Waals surface area contributed by atoms with Gasteiger partial charge in [-0.05, 0) is 62.8 Å². The summed E-state index contributed by atoms with van der Waals surface area (Å²) in [6.07, 6.45) is 0. The summed E-state index contributed by atoms with van der Waals surface area (Å²) in [4.78, 5) is 17.3. The van der Waals surface area contributed by atoms with E-state index in [1.807, 2.05) is 36.4 Å². The molecular weight excluding hydrogens is 488 g/mol. The number of nitrogens with one attached hydrogen (secondary N) is 1. The van der Waals surface area contributed by atoms with Crippen LogP contribution >= 0.6 is 39.0 Å². The van der Waals surface area contributed by atoms with E-state index >= 15 is 0 Å². The van der Waals surface area contributed by atoms with Crippen molar-refractivity contribution in [3.8, 4) is 0 Å². The lowest BCUT2D eigenvalue weighted by Crippen LogP contribution is -2.12. The van der Waals surface area contributed by atoms with E-state index in [9.17, 15) is 4.79 Å². The van der Waals surface area contributed by atoms with Crippen molar-refractivity contribution in [2.75, 3.05) is 5.32 Å². The number of hydrogen-bond donors (Lipinski definition) is 1. The fourth-order valence-corrected chi connectivity index (χ4v) is 5.66. The van der Waals surface area contributed by atoms with E-state index in [4.69, 9.17) is 4.98 Å². The second-order valence-electron chi connectivity index (χ2n) is 8.33. The minimum absolute atomic E-state index is 0.135. The molecule has 0 saturated carbocycles. The maximum atomic E-state index is 12.6. The van der Waals surface area contributed by atoms with Gasteiger partial charge in [0.25, 0.3) is 5.91 Å². The van der Waals surface area contributed by atoms with Crippen LogP contribution in [0.15, 0.2) is 75.5 Å². The number of fused-ring (bicyclic) bond motifs is 1. The Morgan fingerprint density at radius 3 is 2.52 bits per heavy atom. The summed E-state index contributed by atoms with van der Waals surface area (Å²) in [5.74, 6) is 0.750. The van der Waals surface area contributed by atoms with Crippen molar-refractivity contribution in [3.63, 3.8) is 0 Å². The molecule has 0 aliphatic heterocycles. The molecule has 0 atom stereocenters. The van der Waals surface area contributed by atoms with Crippen molar-refractivity contribution in [2.45, 2.75) is 36.3 Å². The third-order valence-corrected chi connectivity index (χ3v) is 7.85. The third-order valence-electron chi connectivity index (χ3n) is 4.93. The summed E-state index contributed by atoms with van der Waals surface area (Å²) >= 11 is 6.83. The minimum Gasteiger partial charge on any atom is -0.322 e. The Hall–Kier alpha value is -2.15. The molecule has 0 fully saturated rings. The van der Waals surface area contributed by atoms with Gasteiger partial charge in [-0.25, -0.2) is 4.98 Å². The molecule has 1 N–H and O–H groups in total. The minimum atomic E-state index is -0.135. The van der Waals surface area contributed by atoms with Gasteiger partial charge in [-0.2, -0.15) is 0 Å². The van der Waals surface area contributed by atoms with Crippen molar-refractivity contribution in [1.29, 1.82) is 0 Å². The Bertz CT molecular complexity index is 1230. The number of benzene rings is 3. The molecule has 4 rings (SSSR count). The van der Waals surface area contributed by atoms with Crippen LogP contribution in [0, 0.1) is 0 Å². The van der Waals surface area contributed by atoms with Crippen molar-refractivity contribution in [2.24, 2.45) is 0 Å². The topological polar surface area (TPSA) is 42.0 Å². The summed E-state index contributed by atoms with van der Waals surface area (Å²) in [5, 5.41) is 2.98. The number of hydrogen-bond acceptors (Lipinski definition) is 4. The van der Waals surface area contributed by atoms with Crippen LogP contribution in [-0.4, -0.2) is 10.9 Å². The van der Waals surface area contributed by atoms with Crippen LogP contribution in [0.25, 0.3) is 10.2 Å². The van der Waals surface area contributed by atoms with E-state index in [1.54, 1.807) is 29.2 Å². The first-order chi connectivity index (χ1) is 14.8. The lowest BCUT2D eigenvalue weighted by atomic mass is 9.87. The molecule has 1 aromatic heterocycles. The van der Waals surface area contributed by atoms with E-state index in [2.05, 4.69) is 66.3 Å². The number of thiazole rings is 1. The Balaban J connectivity index is 1.44. The van der Waals surface area contributed by atoms with Crippen LogP contribution in [0.1, 0.15) is 42.3 Å². The van der Waals surface area contributed by atoms with Gasteiger partial charge >= 0.3 is 0 Å². The zero-order valence-electron chi connectivity index (χ0n) is 17.6. The normalized spacial score (nSPS) is 11.6. The quantitative estimate of drug-likeness (QED) is 0.277. The molecule has 0 bridgehead atoms. The molecule has 3 nitrogen and oxygen atoms in total. The number of carbonyl (C=O) groups excluding carboxylic acids is 1. The first-order valence-corrected chi connectivity index (χ1v) is 12.6. The van der Waals surface area contributed by atoms with Gasteiger partial charge in [0.05, 0.1) is 15.8 Å². The standard InChI is InChI=1S/C25H23BrN2OS2/c1-25(2,3)17-10-8-16(9-11-17)15-30-24-28-21-13-12-18(14-22(21)31-24)27-23(29)19-6-4-5-7-20(19)26/h4-14H,15H2,1-3H3,(H,27,29). The monoisotopic (exact) mass is 510 g/mol. The van der Waals surface area contributed by atoms with Gasteiger partial charge in [-0.1, -0.05) is 68.9 Å². The summed E-state index contributed by atoms with van der Waals surface area (Å²) in [7, 11) is 0. The van der Waals surface area contributed by atoms with E-state index < -0.39 is 0 Å². The molecule has 1 heterocycles. The van der Waals surface area contributed by atoms with Crippen molar-refractivity contribution in [3.05, 3.63) is 87.9 Å². The Morgan fingerprint density at radius 2 is 1.81 bits per heavy atom. The predicted molar refractivity (Wildman–Crippen MR) is 136 cm³/mol. The van der Waals surface area contributed by atoms with Crippen molar-refractivity contribution in [1.82, 2.24) is 4.98 Å². The van der Waals surface area contributed by atoms with E-state index in [0.29, 0.717) is 5.56 Å². The molecule has 0 spiro atoms. The van der Waals surface area contributed by atoms with Gasteiger partial charge in [0.2, 0.25) is 0 Å². The predicted octanol–water partition coefficient (Wildman–Crippen LogP) is 7.90. The maximum absolute atomic E-state index is 12.6. The summed E-state index contributed by atoms with van der Waals surface area (Å²) in [6.45, 7) is 6.69. The number of nitrogens with zero attached hydrogens (tertiary/aromatic N) is 1. The molecule has 4 aromatic rings. The Labute approximate surface area is 199 Å². The van der Waals surface area contributed by atoms with Gasteiger partial charge in [-0.15, -0.1) is 11.3 Å². The van der Waals surface area contributed by atoms with Gasteiger partial charge in [0.1, 0.15) is 0 Å². The molecule has 0 unspecified atom stereocenters. The third kappa shape index (κ3) is 5.37. The molecule has 158 valence electrons. The molecule has 3 aromatic carbocycles. The number of aromatic nitrogens is 1. The molecule has 31 heavy (non-hydrogen) atoms. The van der Waals surface area contributed by atoms with Crippen molar-refractivity contribution < 1.29 is 4.79 Å². The highest BCUT2D eigenvalue weighted by Gasteiger charge is 2.14. The van der Waals surface area contributed by atoms with Gasteiger partial charge < -0.3 is 5.32 Å². The molecular formula is C25H23BrN2OS2. The second-order valence-corrected chi connectivity index (χ2v) is 11.4. The van der Waals surface area contributed by atoms with Crippen LogP contribution in [0.2, 0.25) is 0 Å². The first kappa shape index (κ1) is 22.1. The smallest absolute Gasteiger partial charge is 0.256 e. The van der Waals surface area contributed by atoms with Gasteiger partial charge in [0, 0.05) is 15.9 Å². The number of amides is 1. The number of rotatable bonds is 5. The lowest BCUT2D eigenvalue weighted by Gasteiger charge is -2.19. The largest absolute Gasteiger partial charge is 0.322 e. The lowest BCUT2D eigenvalue weighted by molar-refractivity contribution is 0.102. The molecule has 0 aliphatic carbocycles. The van der Waals surface area contributed by atoms with Gasteiger partial charge in [-0.3, -0.25) is 4.79 Å². The van der Waals surface area contributed by atoms with Gasteiger partial charge in [0.15, 0.2) is 4.34 Å².